The van der Waals surface area contributed by atoms with Crippen molar-refractivity contribution in [3.8, 4) is 5.75 Å². The molecule has 0 radical (unpaired) electrons. The van der Waals surface area contributed by atoms with Gasteiger partial charge in [0.1, 0.15) is 11.8 Å². The van der Waals surface area contributed by atoms with E-state index in [0.717, 1.165) is 4.88 Å². The molecule has 6 nitrogen and oxygen atoms in total. The van der Waals surface area contributed by atoms with E-state index in [1.54, 1.807) is 18.2 Å². The molecule has 3 rings (SSSR count). The smallest absolute Gasteiger partial charge is 0.262 e. The summed E-state index contributed by atoms with van der Waals surface area (Å²) < 4.78 is 5.25. The first-order chi connectivity index (χ1) is 10.1. The number of nitrogens with one attached hydrogen (secondary N) is 2. The van der Waals surface area contributed by atoms with Crippen LogP contribution in [0.25, 0.3) is 0 Å². The van der Waals surface area contributed by atoms with E-state index < -0.39 is 6.04 Å². The van der Waals surface area contributed by atoms with Crippen LogP contribution in [0.2, 0.25) is 0 Å². The molecular weight excluding hydrogens is 290 g/mol. The van der Waals surface area contributed by atoms with Crippen molar-refractivity contribution in [2.24, 2.45) is 5.73 Å². The van der Waals surface area contributed by atoms with Gasteiger partial charge in [0.15, 0.2) is 6.61 Å². The predicted molar refractivity (Wildman–Crippen MR) is 80.4 cm³/mol. The first-order valence-electron chi connectivity index (χ1n) is 6.30. The minimum Gasteiger partial charge on any atom is -0.482 e. The van der Waals surface area contributed by atoms with Crippen molar-refractivity contribution in [2.75, 3.05) is 17.2 Å². The van der Waals surface area contributed by atoms with Crippen molar-refractivity contribution < 1.29 is 14.3 Å². The minimum absolute atomic E-state index is 0.00194. The van der Waals surface area contributed by atoms with E-state index in [9.17, 15) is 9.59 Å². The Kier molecular flexibility index (Phi) is 3.59. The Morgan fingerprint density at radius 2 is 2.29 bits per heavy atom. The van der Waals surface area contributed by atoms with E-state index in [-0.39, 0.29) is 18.4 Å². The molecule has 21 heavy (non-hydrogen) atoms. The highest BCUT2D eigenvalue weighted by Crippen LogP contribution is 2.30. The Hall–Kier alpha value is -2.38. The van der Waals surface area contributed by atoms with Crippen LogP contribution in [0.5, 0.6) is 5.75 Å². The van der Waals surface area contributed by atoms with Crippen molar-refractivity contribution in [3.05, 3.63) is 40.6 Å². The van der Waals surface area contributed by atoms with Crippen molar-refractivity contribution in [1.29, 1.82) is 0 Å². The largest absolute Gasteiger partial charge is 0.482 e. The fourth-order valence-electron chi connectivity index (χ4n) is 1.98. The van der Waals surface area contributed by atoms with Crippen LogP contribution in [0.3, 0.4) is 0 Å². The van der Waals surface area contributed by atoms with Gasteiger partial charge in [-0.15, -0.1) is 11.3 Å². The molecule has 1 aromatic carbocycles. The summed E-state index contributed by atoms with van der Waals surface area (Å²) in [5.74, 6) is 0.0527. The quantitative estimate of drug-likeness (QED) is 0.805. The summed E-state index contributed by atoms with van der Waals surface area (Å²) in [6.07, 6.45) is 0. The first-order valence-corrected chi connectivity index (χ1v) is 7.18. The average Bonchev–Trinajstić information content (AvgIpc) is 3.00. The molecule has 2 heterocycles. The normalized spacial score (nSPS) is 14.6. The topological polar surface area (TPSA) is 93.5 Å². The van der Waals surface area contributed by atoms with Gasteiger partial charge < -0.3 is 21.1 Å². The number of carbonyl (C=O) groups is 2. The Balaban J connectivity index is 1.74. The van der Waals surface area contributed by atoms with Gasteiger partial charge in [0, 0.05) is 10.6 Å². The van der Waals surface area contributed by atoms with E-state index in [0.29, 0.717) is 17.1 Å². The number of anilines is 2. The van der Waals surface area contributed by atoms with Crippen LogP contribution >= 0.6 is 11.3 Å². The molecule has 1 aliphatic heterocycles. The van der Waals surface area contributed by atoms with Crippen LogP contribution in [0, 0.1) is 0 Å². The highest BCUT2D eigenvalue weighted by Gasteiger charge is 2.19. The second-order valence-electron chi connectivity index (χ2n) is 4.53. The third-order valence-electron chi connectivity index (χ3n) is 3.01. The summed E-state index contributed by atoms with van der Waals surface area (Å²) in [7, 11) is 0. The molecule has 0 spiro atoms. The lowest BCUT2D eigenvalue weighted by Gasteiger charge is -2.19. The van der Waals surface area contributed by atoms with Gasteiger partial charge in [0.25, 0.3) is 5.91 Å². The average molecular weight is 303 g/mol. The summed E-state index contributed by atoms with van der Waals surface area (Å²) >= 11 is 1.43. The molecule has 1 aromatic heterocycles. The molecule has 7 heteroatoms. The van der Waals surface area contributed by atoms with Gasteiger partial charge in [-0.2, -0.15) is 0 Å². The molecule has 2 amide bonds. The third-order valence-corrected chi connectivity index (χ3v) is 3.97. The lowest BCUT2D eigenvalue weighted by atomic mass is 10.2. The molecular formula is C14H13N3O3S. The fraction of sp³-hybridized carbons (Fsp3) is 0.143. The van der Waals surface area contributed by atoms with Crippen LogP contribution in [-0.2, 0) is 9.59 Å². The zero-order chi connectivity index (χ0) is 14.8. The maximum atomic E-state index is 12.1. The van der Waals surface area contributed by atoms with Gasteiger partial charge in [-0.3, -0.25) is 9.59 Å². The molecule has 1 atom stereocenters. The lowest BCUT2D eigenvalue weighted by Crippen LogP contribution is -2.28. The van der Waals surface area contributed by atoms with Gasteiger partial charge >= 0.3 is 0 Å². The molecule has 1 unspecified atom stereocenters. The summed E-state index contributed by atoms with van der Waals surface area (Å²) in [6, 6.07) is 7.99. The highest BCUT2D eigenvalue weighted by atomic mass is 32.1. The molecule has 0 saturated heterocycles. The van der Waals surface area contributed by atoms with Crippen LogP contribution < -0.4 is 21.1 Å². The van der Waals surface area contributed by atoms with E-state index in [2.05, 4.69) is 10.6 Å². The number of amides is 2. The number of thiophene rings is 1. The van der Waals surface area contributed by atoms with Crippen molar-refractivity contribution in [2.45, 2.75) is 6.04 Å². The number of ether oxygens (including phenoxy) is 1. The Morgan fingerprint density at radius 3 is 3.05 bits per heavy atom. The number of hydrogen-bond acceptors (Lipinski definition) is 5. The molecule has 2 aromatic rings. The summed E-state index contributed by atoms with van der Waals surface area (Å²) in [6.45, 7) is 0.00194. The molecule has 0 aliphatic carbocycles. The molecule has 0 saturated carbocycles. The van der Waals surface area contributed by atoms with Crippen molar-refractivity contribution in [1.82, 2.24) is 0 Å². The second-order valence-corrected chi connectivity index (χ2v) is 5.51. The number of fused-ring (bicyclic) bond motifs is 1. The summed E-state index contributed by atoms with van der Waals surface area (Å²) in [5, 5.41) is 7.29. The SMILES string of the molecule is NC(C(=O)Nc1ccc2c(c1)NC(=O)CO2)c1cccs1. The molecule has 0 bridgehead atoms. The number of carbonyl (C=O) groups excluding carboxylic acids is 2. The summed E-state index contributed by atoms with van der Waals surface area (Å²) in [5.41, 5.74) is 6.98. The van der Waals surface area contributed by atoms with Crippen LogP contribution in [0.4, 0.5) is 11.4 Å². The van der Waals surface area contributed by atoms with E-state index in [1.165, 1.54) is 11.3 Å². The van der Waals surface area contributed by atoms with Gasteiger partial charge in [0.2, 0.25) is 5.91 Å². The van der Waals surface area contributed by atoms with Crippen LogP contribution in [-0.4, -0.2) is 18.4 Å². The van der Waals surface area contributed by atoms with Crippen molar-refractivity contribution >= 4 is 34.5 Å². The van der Waals surface area contributed by atoms with Gasteiger partial charge in [-0.25, -0.2) is 0 Å². The number of hydrogen-bond donors (Lipinski definition) is 3. The lowest BCUT2D eigenvalue weighted by molar-refractivity contribution is -0.119. The van der Waals surface area contributed by atoms with E-state index in [1.807, 2.05) is 17.5 Å². The van der Waals surface area contributed by atoms with Gasteiger partial charge in [0.05, 0.1) is 5.69 Å². The highest BCUT2D eigenvalue weighted by molar-refractivity contribution is 7.10. The standard InChI is InChI=1S/C14H13N3O3S/c15-13(11-2-1-5-21-11)14(19)16-8-3-4-10-9(6-8)17-12(18)7-20-10/h1-6,13H,7,15H2,(H,16,19)(H,17,18). The van der Waals surface area contributed by atoms with E-state index >= 15 is 0 Å². The maximum absolute atomic E-state index is 12.1. The summed E-state index contributed by atoms with van der Waals surface area (Å²) in [4.78, 5) is 24.2. The number of nitrogens with two attached hydrogens (primary N) is 1. The van der Waals surface area contributed by atoms with Crippen LogP contribution in [0.1, 0.15) is 10.9 Å². The monoisotopic (exact) mass is 303 g/mol. The molecule has 4 N–H and O–H groups in total. The van der Waals surface area contributed by atoms with Gasteiger partial charge in [-0.05, 0) is 29.6 Å². The first kappa shape index (κ1) is 13.6. The second kappa shape index (κ2) is 5.55. The Morgan fingerprint density at radius 1 is 1.43 bits per heavy atom. The Labute approximate surface area is 124 Å². The van der Waals surface area contributed by atoms with Gasteiger partial charge in [-0.1, -0.05) is 6.07 Å². The maximum Gasteiger partial charge on any atom is 0.262 e. The molecule has 108 valence electrons. The third kappa shape index (κ3) is 2.88. The number of rotatable bonds is 3. The minimum atomic E-state index is -0.716. The Bertz CT molecular complexity index is 685. The molecule has 1 aliphatic rings. The van der Waals surface area contributed by atoms with Crippen LogP contribution in [0.15, 0.2) is 35.7 Å². The fourth-order valence-corrected chi connectivity index (χ4v) is 2.70. The zero-order valence-corrected chi connectivity index (χ0v) is 11.8. The van der Waals surface area contributed by atoms with E-state index in [4.69, 9.17) is 10.5 Å². The number of benzene rings is 1. The van der Waals surface area contributed by atoms with Crippen molar-refractivity contribution in [3.63, 3.8) is 0 Å². The predicted octanol–water partition coefficient (Wildman–Crippen LogP) is 1.72. The zero-order valence-electron chi connectivity index (χ0n) is 11.0. The molecule has 0 fully saturated rings.